The summed E-state index contributed by atoms with van der Waals surface area (Å²) in [6.07, 6.45) is 3.18. The first-order valence-electron chi connectivity index (χ1n) is 7.54. The van der Waals surface area contributed by atoms with Crippen molar-refractivity contribution in [2.24, 2.45) is 0 Å². The van der Waals surface area contributed by atoms with Gasteiger partial charge in [-0.15, -0.1) is 0 Å². The van der Waals surface area contributed by atoms with Gasteiger partial charge >= 0.3 is 0 Å². The van der Waals surface area contributed by atoms with Crippen LogP contribution in [0.3, 0.4) is 0 Å². The van der Waals surface area contributed by atoms with Crippen LogP contribution in [0.25, 0.3) is 0 Å². The Kier molecular flexibility index (Phi) is 6.24. The van der Waals surface area contributed by atoms with Gasteiger partial charge in [0.2, 0.25) is 5.91 Å². The van der Waals surface area contributed by atoms with Crippen LogP contribution in [0.2, 0.25) is 5.02 Å². The Balaban J connectivity index is 1.68. The van der Waals surface area contributed by atoms with Gasteiger partial charge in [-0.3, -0.25) is 14.2 Å². The third-order valence-corrected chi connectivity index (χ3v) is 4.94. The van der Waals surface area contributed by atoms with Crippen LogP contribution in [0.15, 0.2) is 10.7 Å². The van der Waals surface area contributed by atoms with Gasteiger partial charge in [-0.1, -0.05) is 11.6 Å². The number of aromatic nitrogens is 4. The topological polar surface area (TPSA) is 64.7 Å². The largest absolute Gasteiger partial charge is 0.356 e. The average Bonchev–Trinajstić information content (AvgIpc) is 2.95. The summed E-state index contributed by atoms with van der Waals surface area (Å²) in [5.41, 5.74) is 2.67. The molecule has 0 unspecified atom stereocenters. The highest BCUT2D eigenvalue weighted by Crippen LogP contribution is 2.18. The van der Waals surface area contributed by atoms with E-state index in [0.29, 0.717) is 24.5 Å². The Labute approximate surface area is 149 Å². The molecule has 2 rings (SSSR count). The van der Waals surface area contributed by atoms with Gasteiger partial charge in [-0.25, -0.2) is 0 Å². The lowest BCUT2D eigenvalue weighted by Crippen LogP contribution is -2.26. The smallest absolute Gasteiger partial charge is 0.221 e. The van der Waals surface area contributed by atoms with Gasteiger partial charge in [0.15, 0.2) is 0 Å². The molecule has 2 aromatic heterocycles. The molecule has 8 heteroatoms. The van der Waals surface area contributed by atoms with E-state index in [-0.39, 0.29) is 5.91 Å². The first-order chi connectivity index (χ1) is 10.9. The summed E-state index contributed by atoms with van der Waals surface area (Å²) in [4.78, 5) is 11.9. The first-order valence-corrected chi connectivity index (χ1v) is 8.71. The number of hydrogen-bond donors (Lipinski definition) is 1. The number of amides is 1. The lowest BCUT2D eigenvalue weighted by molar-refractivity contribution is -0.121. The van der Waals surface area contributed by atoms with Crippen molar-refractivity contribution in [2.75, 3.05) is 6.54 Å². The van der Waals surface area contributed by atoms with Crippen LogP contribution < -0.4 is 5.32 Å². The van der Waals surface area contributed by atoms with Crippen LogP contribution in [0.4, 0.5) is 0 Å². The summed E-state index contributed by atoms with van der Waals surface area (Å²) in [6.45, 7) is 7.67. The van der Waals surface area contributed by atoms with Gasteiger partial charge in [0.05, 0.1) is 33.1 Å². The van der Waals surface area contributed by atoms with Crippen LogP contribution in [0.1, 0.15) is 29.9 Å². The van der Waals surface area contributed by atoms with Crippen LogP contribution in [-0.2, 0) is 17.9 Å². The predicted molar refractivity (Wildman–Crippen MR) is 93.6 cm³/mol. The highest BCUT2D eigenvalue weighted by Gasteiger charge is 2.10. The number of carbonyl (C=O) groups is 1. The third-order valence-electron chi connectivity index (χ3n) is 3.62. The average molecular weight is 403 g/mol. The Hall–Kier alpha value is -1.34. The van der Waals surface area contributed by atoms with Gasteiger partial charge in [0.1, 0.15) is 0 Å². The summed E-state index contributed by atoms with van der Waals surface area (Å²) in [6, 6.07) is 0. The number of nitrogens with one attached hydrogen (secondary N) is 1. The van der Waals surface area contributed by atoms with Crippen LogP contribution in [0, 0.1) is 20.8 Å². The third kappa shape index (κ3) is 4.81. The van der Waals surface area contributed by atoms with E-state index in [4.69, 9.17) is 11.6 Å². The van der Waals surface area contributed by atoms with E-state index in [2.05, 4.69) is 31.4 Å². The maximum atomic E-state index is 11.9. The fraction of sp³-hybridized carbons (Fsp3) is 0.533. The second kappa shape index (κ2) is 7.97. The molecular formula is C15H21BrClN5O. The van der Waals surface area contributed by atoms with Crippen molar-refractivity contribution in [3.8, 4) is 0 Å². The zero-order valence-electron chi connectivity index (χ0n) is 13.6. The van der Waals surface area contributed by atoms with Gasteiger partial charge in [-0.05, 0) is 43.1 Å². The van der Waals surface area contributed by atoms with Crippen molar-refractivity contribution >= 4 is 33.4 Å². The van der Waals surface area contributed by atoms with Gasteiger partial charge in [0.25, 0.3) is 0 Å². The molecule has 0 aliphatic heterocycles. The minimum absolute atomic E-state index is 0.0199. The van der Waals surface area contributed by atoms with E-state index in [1.54, 1.807) is 4.68 Å². The van der Waals surface area contributed by atoms with Crippen molar-refractivity contribution in [3.63, 3.8) is 0 Å². The maximum Gasteiger partial charge on any atom is 0.221 e. The fourth-order valence-corrected chi connectivity index (χ4v) is 2.72. The molecule has 2 aromatic rings. The second-order valence-electron chi connectivity index (χ2n) is 5.49. The second-order valence-corrected chi connectivity index (χ2v) is 6.72. The molecule has 0 aliphatic carbocycles. The van der Waals surface area contributed by atoms with Crippen molar-refractivity contribution < 1.29 is 4.79 Å². The van der Waals surface area contributed by atoms with E-state index < -0.39 is 0 Å². The lowest BCUT2D eigenvalue weighted by atomic mass is 10.3. The SMILES string of the molecule is Cc1nn(CCCNC(=O)CCn2nc(C)c(Cl)c2C)cc1Br. The highest BCUT2D eigenvalue weighted by atomic mass is 79.9. The molecular weight excluding hydrogens is 382 g/mol. The molecule has 0 fully saturated rings. The quantitative estimate of drug-likeness (QED) is 0.724. The number of carbonyl (C=O) groups excluding carboxylic acids is 1. The van der Waals surface area contributed by atoms with Gasteiger partial charge in [-0.2, -0.15) is 10.2 Å². The van der Waals surface area contributed by atoms with Crippen molar-refractivity contribution in [3.05, 3.63) is 32.8 Å². The fourth-order valence-electron chi connectivity index (χ4n) is 2.27. The highest BCUT2D eigenvalue weighted by molar-refractivity contribution is 9.10. The molecule has 1 N–H and O–H groups in total. The summed E-state index contributed by atoms with van der Waals surface area (Å²) < 4.78 is 4.66. The van der Waals surface area contributed by atoms with Crippen LogP contribution in [-0.4, -0.2) is 32.0 Å². The van der Waals surface area contributed by atoms with Crippen LogP contribution in [0.5, 0.6) is 0 Å². The molecule has 23 heavy (non-hydrogen) atoms. The minimum Gasteiger partial charge on any atom is -0.356 e. The monoisotopic (exact) mass is 401 g/mol. The zero-order chi connectivity index (χ0) is 17.0. The molecule has 1 amide bonds. The summed E-state index contributed by atoms with van der Waals surface area (Å²) >= 11 is 9.52. The van der Waals surface area contributed by atoms with E-state index in [9.17, 15) is 4.79 Å². The molecule has 0 atom stereocenters. The zero-order valence-corrected chi connectivity index (χ0v) is 15.9. The Morgan fingerprint density at radius 1 is 1.26 bits per heavy atom. The number of hydrogen-bond acceptors (Lipinski definition) is 3. The van der Waals surface area contributed by atoms with Gasteiger partial charge in [0, 0.05) is 25.7 Å². The Morgan fingerprint density at radius 2 is 2.00 bits per heavy atom. The number of aryl methyl sites for hydroxylation is 4. The van der Waals surface area contributed by atoms with Crippen molar-refractivity contribution in [1.29, 1.82) is 0 Å². The van der Waals surface area contributed by atoms with Gasteiger partial charge < -0.3 is 5.32 Å². The molecule has 126 valence electrons. The van der Waals surface area contributed by atoms with Crippen LogP contribution >= 0.6 is 27.5 Å². The summed E-state index contributed by atoms with van der Waals surface area (Å²) in [5, 5.41) is 12.3. The maximum absolute atomic E-state index is 11.9. The standard InChI is InChI=1S/C15H21BrClN5O/c1-10-13(16)9-21(19-10)7-4-6-18-14(23)5-8-22-12(3)15(17)11(2)20-22/h9H,4-8H2,1-3H3,(H,18,23). The molecule has 6 nitrogen and oxygen atoms in total. The molecule has 0 aliphatic rings. The Bertz CT molecular complexity index is 675. The molecule has 0 aromatic carbocycles. The Morgan fingerprint density at radius 3 is 2.57 bits per heavy atom. The molecule has 0 spiro atoms. The van der Waals surface area contributed by atoms with E-state index in [0.717, 1.165) is 34.5 Å². The van der Waals surface area contributed by atoms with E-state index in [1.807, 2.05) is 31.6 Å². The van der Waals surface area contributed by atoms with Crippen molar-refractivity contribution in [1.82, 2.24) is 24.9 Å². The minimum atomic E-state index is 0.0199. The first kappa shape index (κ1) is 18.0. The number of nitrogens with zero attached hydrogens (tertiary/aromatic N) is 4. The van der Waals surface area contributed by atoms with E-state index >= 15 is 0 Å². The number of halogens is 2. The predicted octanol–water partition coefficient (Wildman–Crippen LogP) is 3.02. The molecule has 2 heterocycles. The normalized spacial score (nSPS) is 11.0. The van der Waals surface area contributed by atoms with E-state index in [1.165, 1.54) is 0 Å². The number of rotatable bonds is 7. The molecule has 0 bridgehead atoms. The van der Waals surface area contributed by atoms with Crippen molar-refractivity contribution in [2.45, 2.75) is 46.7 Å². The summed E-state index contributed by atoms with van der Waals surface area (Å²) in [7, 11) is 0. The molecule has 0 saturated carbocycles. The molecule has 0 saturated heterocycles. The summed E-state index contributed by atoms with van der Waals surface area (Å²) in [5.74, 6) is 0.0199. The molecule has 0 radical (unpaired) electrons. The lowest BCUT2D eigenvalue weighted by Gasteiger charge is -2.07.